The van der Waals surface area contributed by atoms with Crippen LogP contribution in [-0.4, -0.2) is 85.7 Å². The van der Waals surface area contributed by atoms with Crippen molar-refractivity contribution in [3.05, 3.63) is 54.5 Å². The molecular weight excluding hydrogens is 506 g/mol. The van der Waals surface area contributed by atoms with E-state index in [1.54, 1.807) is 17.4 Å². The lowest BCUT2D eigenvalue weighted by molar-refractivity contribution is 0.0139. The van der Waals surface area contributed by atoms with Crippen LogP contribution in [0.1, 0.15) is 32.8 Å². The summed E-state index contributed by atoms with van der Waals surface area (Å²) < 4.78 is 5.51. The van der Waals surface area contributed by atoms with Crippen molar-refractivity contribution in [2.45, 2.75) is 39.3 Å². The fraction of sp³-hybridized carbons (Fsp3) is 0.414. The zero-order chi connectivity index (χ0) is 27.7. The smallest absolute Gasteiger partial charge is 0.410 e. The third kappa shape index (κ3) is 5.99. The van der Waals surface area contributed by atoms with Gasteiger partial charge in [-0.05, 0) is 57.0 Å². The van der Waals surface area contributed by atoms with Gasteiger partial charge in [-0.3, -0.25) is 4.90 Å². The van der Waals surface area contributed by atoms with Gasteiger partial charge >= 0.3 is 6.09 Å². The van der Waals surface area contributed by atoms with Gasteiger partial charge in [0.15, 0.2) is 0 Å². The van der Waals surface area contributed by atoms with E-state index in [9.17, 15) is 4.79 Å². The second-order valence-corrected chi connectivity index (χ2v) is 11.3. The first-order valence-corrected chi connectivity index (χ1v) is 13.8. The van der Waals surface area contributed by atoms with Gasteiger partial charge in [-0.2, -0.15) is 0 Å². The number of imidazole rings is 1. The van der Waals surface area contributed by atoms with Gasteiger partial charge in [0.1, 0.15) is 23.6 Å². The lowest BCUT2D eigenvalue weighted by atomic mass is 10.1. The zero-order valence-electron chi connectivity index (χ0n) is 23.2. The molecule has 2 fully saturated rings. The molecule has 40 heavy (non-hydrogen) atoms. The highest BCUT2D eigenvalue weighted by molar-refractivity contribution is 5.83. The number of hydrogen-bond donors (Lipinski definition) is 2. The molecular formula is C29H35N9O2. The van der Waals surface area contributed by atoms with Gasteiger partial charge in [0, 0.05) is 63.6 Å². The van der Waals surface area contributed by atoms with Crippen LogP contribution in [0.15, 0.2) is 48.9 Å². The van der Waals surface area contributed by atoms with E-state index in [-0.39, 0.29) is 6.09 Å². The summed E-state index contributed by atoms with van der Waals surface area (Å²) >= 11 is 0. The first-order chi connectivity index (χ1) is 19.3. The Morgan fingerprint density at radius 3 is 2.58 bits per heavy atom. The minimum atomic E-state index is -0.481. The first kappa shape index (κ1) is 26.0. The van der Waals surface area contributed by atoms with Crippen LogP contribution in [0.5, 0.6) is 0 Å². The van der Waals surface area contributed by atoms with Crippen molar-refractivity contribution in [1.29, 1.82) is 0 Å². The Bertz CT molecular complexity index is 1500. The number of piperazine rings is 1. The Morgan fingerprint density at radius 2 is 1.82 bits per heavy atom. The summed E-state index contributed by atoms with van der Waals surface area (Å²) in [6, 6.07) is 12.2. The van der Waals surface area contributed by atoms with E-state index in [1.165, 1.54) is 6.42 Å². The van der Waals surface area contributed by atoms with Crippen molar-refractivity contribution in [2.75, 3.05) is 49.5 Å². The summed E-state index contributed by atoms with van der Waals surface area (Å²) in [5.41, 5.74) is 4.35. The number of anilines is 3. The molecule has 0 bridgehead atoms. The molecule has 0 spiro atoms. The molecule has 4 aromatic rings. The number of nitrogens with one attached hydrogen (secondary N) is 2. The maximum atomic E-state index is 12.4. The summed E-state index contributed by atoms with van der Waals surface area (Å²) in [4.78, 5) is 40.2. The minimum Gasteiger partial charge on any atom is -0.444 e. The molecule has 11 nitrogen and oxygen atoms in total. The summed E-state index contributed by atoms with van der Waals surface area (Å²) in [5.74, 6) is 2.32. The Hall–Kier alpha value is -4.25. The number of ether oxygens (including phenoxy) is 1. The van der Waals surface area contributed by atoms with Crippen LogP contribution in [0.3, 0.4) is 0 Å². The highest BCUT2D eigenvalue weighted by Gasteiger charge is 2.26. The number of fused-ring (bicyclic) bond motifs is 1. The lowest BCUT2D eigenvalue weighted by Gasteiger charge is -2.35. The van der Waals surface area contributed by atoms with Crippen molar-refractivity contribution < 1.29 is 9.53 Å². The van der Waals surface area contributed by atoms with Gasteiger partial charge in [-0.25, -0.2) is 24.7 Å². The van der Waals surface area contributed by atoms with E-state index < -0.39 is 5.60 Å². The highest BCUT2D eigenvalue weighted by Crippen LogP contribution is 2.27. The monoisotopic (exact) mass is 541 g/mol. The molecule has 0 saturated carbocycles. The molecule has 2 aliphatic rings. The zero-order valence-corrected chi connectivity index (χ0v) is 23.2. The maximum Gasteiger partial charge on any atom is 0.410 e. The second kappa shape index (κ2) is 10.7. The molecule has 0 unspecified atom stereocenters. The van der Waals surface area contributed by atoms with Gasteiger partial charge in [0.05, 0.1) is 16.7 Å². The first-order valence-electron chi connectivity index (χ1n) is 13.8. The predicted molar refractivity (Wildman–Crippen MR) is 155 cm³/mol. The Kier molecular flexibility index (Phi) is 6.97. The van der Waals surface area contributed by atoms with E-state index in [0.717, 1.165) is 72.2 Å². The van der Waals surface area contributed by atoms with E-state index in [0.29, 0.717) is 19.0 Å². The Balaban J connectivity index is 1.09. The normalized spacial score (nSPS) is 16.2. The Morgan fingerprint density at radius 1 is 1.00 bits per heavy atom. The molecule has 0 radical (unpaired) electrons. The van der Waals surface area contributed by atoms with Gasteiger partial charge in [0.25, 0.3) is 0 Å². The van der Waals surface area contributed by atoms with Gasteiger partial charge in [-0.15, -0.1) is 0 Å². The number of benzene rings is 1. The van der Waals surface area contributed by atoms with Crippen molar-refractivity contribution >= 4 is 34.7 Å². The number of amides is 1. The summed E-state index contributed by atoms with van der Waals surface area (Å²) in [5, 5.41) is 3.32. The van der Waals surface area contributed by atoms with E-state index >= 15 is 0 Å². The number of carbonyl (C=O) groups excluding carboxylic acids is 1. The fourth-order valence-electron chi connectivity index (χ4n) is 4.89. The molecule has 1 aromatic carbocycles. The van der Waals surface area contributed by atoms with Crippen LogP contribution in [-0.2, 0) is 11.3 Å². The van der Waals surface area contributed by atoms with Crippen LogP contribution < -0.4 is 10.2 Å². The number of aromatic amines is 1. The van der Waals surface area contributed by atoms with Crippen LogP contribution in [0.25, 0.3) is 22.3 Å². The quantitative estimate of drug-likeness (QED) is 0.366. The number of rotatable bonds is 6. The molecule has 3 aromatic heterocycles. The molecule has 0 aliphatic carbocycles. The number of carbonyl (C=O) groups is 1. The van der Waals surface area contributed by atoms with Crippen molar-refractivity contribution in [3.63, 3.8) is 0 Å². The van der Waals surface area contributed by atoms with Crippen molar-refractivity contribution in [3.8, 4) is 11.3 Å². The number of pyridine rings is 1. The van der Waals surface area contributed by atoms with Gasteiger partial charge in [0.2, 0.25) is 5.95 Å². The lowest BCUT2D eigenvalue weighted by Crippen LogP contribution is -2.49. The van der Waals surface area contributed by atoms with E-state index in [2.05, 4.69) is 41.1 Å². The number of H-pyrrole nitrogens is 1. The molecule has 2 saturated heterocycles. The highest BCUT2D eigenvalue weighted by atomic mass is 16.6. The molecule has 2 aliphatic heterocycles. The molecule has 0 atom stereocenters. The standard InChI is InChI=1S/C29H35N9O2/c1-29(2,3)40-28(39)38-13-11-36(12-14-38)18-20-7-8-30-25(15-20)35-27-33-22-6-5-21(16-24(22)34-27)23-17-26(32-19-31-23)37-9-4-10-37/h5-8,15-17,19H,4,9-14,18H2,1-3H3,(H2,30,33,34,35). The molecule has 2 N–H and O–H groups in total. The molecule has 1 amide bonds. The van der Waals surface area contributed by atoms with Crippen LogP contribution >= 0.6 is 0 Å². The molecule has 208 valence electrons. The van der Waals surface area contributed by atoms with Crippen molar-refractivity contribution in [1.82, 2.24) is 34.7 Å². The summed E-state index contributed by atoms with van der Waals surface area (Å²) in [6.45, 7) is 11.4. The Labute approximate surface area is 233 Å². The summed E-state index contributed by atoms with van der Waals surface area (Å²) in [6.07, 6.45) is 4.40. The topological polar surface area (TPSA) is 115 Å². The molecule has 6 rings (SSSR count). The van der Waals surface area contributed by atoms with Crippen LogP contribution in [0.4, 0.5) is 22.4 Å². The average Bonchev–Trinajstić information content (AvgIpc) is 3.29. The number of nitrogens with zero attached hydrogens (tertiary/aromatic N) is 7. The SMILES string of the molecule is CC(C)(C)OC(=O)N1CCN(Cc2ccnc(Nc3nc4ccc(-c5cc(N6CCC6)ncn5)cc4[nH]3)c2)CC1. The second-order valence-electron chi connectivity index (χ2n) is 11.3. The maximum absolute atomic E-state index is 12.4. The van der Waals surface area contributed by atoms with E-state index in [4.69, 9.17) is 9.72 Å². The minimum absolute atomic E-state index is 0.242. The summed E-state index contributed by atoms with van der Waals surface area (Å²) in [7, 11) is 0. The van der Waals surface area contributed by atoms with Crippen LogP contribution in [0, 0.1) is 0 Å². The largest absolute Gasteiger partial charge is 0.444 e. The predicted octanol–water partition coefficient (Wildman–Crippen LogP) is 4.42. The third-order valence-electron chi connectivity index (χ3n) is 7.11. The van der Waals surface area contributed by atoms with E-state index in [1.807, 2.05) is 51.1 Å². The third-order valence-corrected chi connectivity index (χ3v) is 7.11. The molecule has 5 heterocycles. The molecule has 11 heteroatoms. The van der Waals surface area contributed by atoms with Crippen molar-refractivity contribution in [2.24, 2.45) is 0 Å². The number of hydrogen-bond acceptors (Lipinski definition) is 9. The fourth-order valence-corrected chi connectivity index (χ4v) is 4.89. The van der Waals surface area contributed by atoms with Gasteiger partial charge in [-0.1, -0.05) is 6.07 Å². The van der Waals surface area contributed by atoms with Crippen LogP contribution in [0.2, 0.25) is 0 Å². The number of aromatic nitrogens is 5. The average molecular weight is 542 g/mol. The van der Waals surface area contributed by atoms with Gasteiger partial charge < -0.3 is 24.8 Å².